The van der Waals surface area contributed by atoms with Gasteiger partial charge in [0.05, 0.1) is 0 Å². The van der Waals surface area contributed by atoms with Gasteiger partial charge in [-0.1, -0.05) is 15.9 Å². The van der Waals surface area contributed by atoms with E-state index < -0.39 is 5.91 Å². The maximum absolute atomic E-state index is 12.7. The molecule has 0 bridgehead atoms. The molecule has 0 unspecified atom stereocenters. The smallest absolute Gasteiger partial charge is 0.248 e. The predicted molar refractivity (Wildman–Crippen MR) is 82.6 cm³/mol. The number of anilines is 1. The molecule has 0 saturated carbocycles. The molecule has 0 radical (unpaired) electrons. The molecule has 106 valence electrons. The molecule has 1 N–H and O–H groups in total. The number of hydrogen-bond donors (Lipinski definition) is 1. The van der Waals surface area contributed by atoms with E-state index >= 15 is 0 Å². The normalized spacial score (nSPS) is 10.6. The Hall–Kier alpha value is -2.27. The van der Waals surface area contributed by atoms with Crippen molar-refractivity contribution in [1.82, 2.24) is 0 Å². The lowest BCUT2D eigenvalue weighted by Gasteiger charge is -2.01. The topological polar surface area (TPSA) is 46.2 Å². The maximum atomic E-state index is 12.7. The lowest BCUT2D eigenvalue weighted by Crippen LogP contribution is -2.08. The van der Waals surface area contributed by atoms with Gasteiger partial charge in [0.25, 0.3) is 0 Å². The fourth-order valence-corrected chi connectivity index (χ4v) is 1.84. The minimum absolute atomic E-state index is 0.267. The molecule has 3 nitrogen and oxygen atoms in total. The summed E-state index contributed by atoms with van der Waals surface area (Å²) in [5.41, 5.74) is 0.950. The van der Waals surface area contributed by atoms with Gasteiger partial charge in [-0.2, -0.15) is 0 Å². The summed E-state index contributed by atoms with van der Waals surface area (Å²) in [6.45, 7) is 0. The second-order valence-corrected chi connectivity index (χ2v) is 5.12. The Balaban J connectivity index is 1.96. The summed E-state index contributed by atoms with van der Waals surface area (Å²) < 4.78 is 13.6. The molecule has 2 aromatic rings. The van der Waals surface area contributed by atoms with E-state index in [1.165, 1.54) is 30.3 Å². The van der Waals surface area contributed by atoms with E-state index in [2.05, 4.69) is 21.2 Å². The van der Waals surface area contributed by atoms with Crippen LogP contribution < -0.4 is 5.32 Å². The number of carbonyl (C=O) groups excluding carboxylic acids is 2. The van der Waals surface area contributed by atoms with E-state index in [1.807, 2.05) is 0 Å². The van der Waals surface area contributed by atoms with Crippen LogP contribution in [0.4, 0.5) is 10.1 Å². The van der Waals surface area contributed by atoms with Crippen molar-refractivity contribution in [1.29, 1.82) is 0 Å². The van der Waals surface area contributed by atoms with E-state index in [0.29, 0.717) is 11.3 Å². The molecule has 0 atom stereocenters. The van der Waals surface area contributed by atoms with Gasteiger partial charge in [0.15, 0.2) is 5.78 Å². The summed E-state index contributed by atoms with van der Waals surface area (Å²) in [4.78, 5) is 23.5. The van der Waals surface area contributed by atoms with Crippen LogP contribution in [0.2, 0.25) is 0 Å². The van der Waals surface area contributed by atoms with Crippen molar-refractivity contribution in [3.63, 3.8) is 0 Å². The first-order chi connectivity index (χ1) is 10.0. The quantitative estimate of drug-likeness (QED) is 0.671. The third-order valence-electron chi connectivity index (χ3n) is 2.63. The molecule has 0 aliphatic rings. The molecule has 0 aliphatic heterocycles. The molecule has 0 aliphatic carbocycles. The fourth-order valence-electron chi connectivity index (χ4n) is 1.58. The summed E-state index contributed by atoms with van der Waals surface area (Å²) in [5.74, 6) is -1.10. The van der Waals surface area contributed by atoms with E-state index in [1.54, 1.807) is 24.3 Å². The van der Waals surface area contributed by atoms with Crippen LogP contribution in [0.5, 0.6) is 0 Å². The second kappa shape index (κ2) is 6.95. The summed E-state index contributed by atoms with van der Waals surface area (Å²) in [6.07, 6.45) is 2.34. The van der Waals surface area contributed by atoms with Crippen LogP contribution in [0.15, 0.2) is 65.2 Å². The number of halogens is 2. The van der Waals surface area contributed by atoms with E-state index in [4.69, 9.17) is 0 Å². The second-order valence-electron chi connectivity index (χ2n) is 4.20. The highest BCUT2D eigenvalue weighted by Crippen LogP contribution is 2.11. The molecule has 2 rings (SSSR count). The van der Waals surface area contributed by atoms with E-state index in [0.717, 1.165) is 10.5 Å². The third kappa shape index (κ3) is 4.65. The van der Waals surface area contributed by atoms with Gasteiger partial charge in [-0.3, -0.25) is 9.59 Å². The number of nitrogens with one attached hydrogen (secondary N) is 1. The van der Waals surface area contributed by atoms with Gasteiger partial charge >= 0.3 is 0 Å². The van der Waals surface area contributed by atoms with Gasteiger partial charge < -0.3 is 5.32 Å². The Kier molecular flexibility index (Phi) is 5.00. The molecular weight excluding hydrogens is 337 g/mol. The summed E-state index contributed by atoms with van der Waals surface area (Å²) >= 11 is 3.28. The minimum Gasteiger partial charge on any atom is -0.323 e. The molecule has 1 amide bonds. The zero-order valence-electron chi connectivity index (χ0n) is 10.8. The Morgan fingerprint density at radius 3 is 2.19 bits per heavy atom. The number of carbonyl (C=O) groups is 2. The number of rotatable bonds is 4. The van der Waals surface area contributed by atoms with Crippen molar-refractivity contribution in [2.45, 2.75) is 0 Å². The highest BCUT2D eigenvalue weighted by molar-refractivity contribution is 9.10. The third-order valence-corrected chi connectivity index (χ3v) is 3.16. The fraction of sp³-hybridized carbons (Fsp3) is 0. The van der Waals surface area contributed by atoms with E-state index in [9.17, 15) is 14.0 Å². The molecule has 0 spiro atoms. The van der Waals surface area contributed by atoms with Crippen molar-refractivity contribution < 1.29 is 14.0 Å². The van der Waals surface area contributed by atoms with Crippen molar-refractivity contribution in [3.8, 4) is 0 Å². The molecular formula is C16H11BrFNO2. The minimum atomic E-state index is -0.452. The van der Waals surface area contributed by atoms with Crippen molar-refractivity contribution in [2.75, 3.05) is 5.32 Å². The predicted octanol–water partition coefficient (Wildman–Crippen LogP) is 3.97. The monoisotopic (exact) mass is 347 g/mol. The van der Waals surface area contributed by atoms with Crippen molar-refractivity contribution in [2.24, 2.45) is 0 Å². The largest absolute Gasteiger partial charge is 0.323 e. The van der Waals surface area contributed by atoms with Gasteiger partial charge in [-0.15, -0.1) is 0 Å². The van der Waals surface area contributed by atoms with Gasteiger partial charge in [0.2, 0.25) is 5.91 Å². The van der Waals surface area contributed by atoms with E-state index in [-0.39, 0.29) is 11.6 Å². The first kappa shape index (κ1) is 15.1. The lowest BCUT2D eigenvalue weighted by atomic mass is 10.1. The van der Waals surface area contributed by atoms with Crippen molar-refractivity contribution in [3.05, 3.63) is 76.5 Å². The number of ketones is 1. The van der Waals surface area contributed by atoms with Gasteiger partial charge in [-0.25, -0.2) is 4.39 Å². The average Bonchev–Trinajstić information content (AvgIpc) is 2.48. The number of amides is 1. The molecule has 21 heavy (non-hydrogen) atoms. The van der Waals surface area contributed by atoms with Crippen molar-refractivity contribution >= 4 is 33.3 Å². The van der Waals surface area contributed by atoms with Crippen LogP contribution in [0.1, 0.15) is 10.4 Å². The van der Waals surface area contributed by atoms with Gasteiger partial charge in [0, 0.05) is 21.8 Å². The van der Waals surface area contributed by atoms with Crippen LogP contribution in [-0.4, -0.2) is 11.7 Å². The molecule has 0 aromatic heterocycles. The Labute approximate surface area is 129 Å². The first-order valence-electron chi connectivity index (χ1n) is 6.09. The summed E-state index contributed by atoms with van der Waals surface area (Å²) in [5, 5.41) is 2.53. The van der Waals surface area contributed by atoms with Gasteiger partial charge in [0.1, 0.15) is 5.82 Å². The first-order valence-corrected chi connectivity index (χ1v) is 6.88. The zero-order chi connectivity index (χ0) is 15.2. The average molecular weight is 348 g/mol. The maximum Gasteiger partial charge on any atom is 0.248 e. The molecule has 5 heteroatoms. The highest BCUT2D eigenvalue weighted by atomic mass is 79.9. The highest BCUT2D eigenvalue weighted by Gasteiger charge is 2.03. The Bertz CT molecular complexity index is 678. The number of allylic oxidation sites excluding steroid dienone is 1. The molecule has 0 saturated heterocycles. The van der Waals surface area contributed by atoms with Crippen LogP contribution in [-0.2, 0) is 4.79 Å². The summed E-state index contributed by atoms with van der Waals surface area (Å²) in [6, 6.07) is 12.2. The van der Waals surface area contributed by atoms with Crippen LogP contribution in [0.25, 0.3) is 0 Å². The van der Waals surface area contributed by atoms with Gasteiger partial charge in [-0.05, 0) is 54.6 Å². The van der Waals surface area contributed by atoms with Crippen LogP contribution in [0, 0.1) is 5.82 Å². The van der Waals surface area contributed by atoms with Crippen LogP contribution >= 0.6 is 15.9 Å². The molecule has 0 heterocycles. The summed E-state index contributed by atoms with van der Waals surface area (Å²) in [7, 11) is 0. The Morgan fingerprint density at radius 2 is 1.57 bits per heavy atom. The lowest BCUT2D eigenvalue weighted by molar-refractivity contribution is -0.111. The molecule has 0 fully saturated rings. The standard InChI is InChI=1S/C16H11BrFNO2/c17-12-3-1-11(2-4-12)15(20)9-10-16(21)19-14-7-5-13(18)6-8-14/h1-10H,(H,19,21)/b10-9+. The zero-order valence-corrected chi connectivity index (χ0v) is 12.4. The van der Waals surface area contributed by atoms with Crippen LogP contribution in [0.3, 0.4) is 0 Å². The molecule has 2 aromatic carbocycles. The number of hydrogen-bond acceptors (Lipinski definition) is 2. The Morgan fingerprint density at radius 1 is 0.952 bits per heavy atom. The SMILES string of the molecule is O=C(/C=C/C(=O)c1ccc(Br)cc1)Nc1ccc(F)cc1. The number of benzene rings is 2.